The van der Waals surface area contributed by atoms with Crippen molar-refractivity contribution >= 4 is 27.4 Å². The highest BCUT2D eigenvalue weighted by molar-refractivity contribution is 7.19. The van der Waals surface area contributed by atoms with Crippen LogP contribution < -0.4 is 14.4 Å². The number of aryl methyl sites for hydroxylation is 2. The first-order chi connectivity index (χ1) is 12.3. The van der Waals surface area contributed by atoms with Gasteiger partial charge in [0, 0.05) is 18.5 Å². The zero-order chi connectivity index (χ0) is 16.8. The molecule has 0 atom stereocenters. The lowest BCUT2D eigenvalue weighted by atomic mass is 9.97. The van der Waals surface area contributed by atoms with Crippen molar-refractivity contribution in [2.75, 3.05) is 18.7 Å². The monoisotopic (exact) mass is 353 g/mol. The third kappa shape index (κ3) is 2.52. The molecule has 25 heavy (non-hydrogen) atoms. The smallest absolute Gasteiger partial charge is 0.231 e. The Kier molecular flexibility index (Phi) is 3.52. The minimum absolute atomic E-state index is 0.308. The first-order valence-corrected chi connectivity index (χ1v) is 9.46. The number of rotatable bonds is 3. The molecule has 3 heterocycles. The SMILES string of the molecule is CN(Cc1ccc2c(c1)OCO2)c1ncnc2sc3c(c12)CCCC3. The summed E-state index contributed by atoms with van der Waals surface area (Å²) in [5.74, 6) is 2.68. The van der Waals surface area contributed by atoms with E-state index < -0.39 is 0 Å². The predicted octanol–water partition coefficient (Wildman–Crippen LogP) is 3.94. The molecule has 0 radical (unpaired) electrons. The normalized spacial score (nSPS) is 15.4. The largest absolute Gasteiger partial charge is 0.454 e. The van der Waals surface area contributed by atoms with E-state index in [4.69, 9.17) is 9.47 Å². The Morgan fingerprint density at radius 1 is 1.12 bits per heavy atom. The van der Waals surface area contributed by atoms with E-state index in [1.165, 1.54) is 40.7 Å². The quantitative estimate of drug-likeness (QED) is 0.714. The number of fused-ring (bicyclic) bond motifs is 4. The summed E-state index contributed by atoms with van der Waals surface area (Å²) in [4.78, 5) is 14.0. The van der Waals surface area contributed by atoms with Gasteiger partial charge >= 0.3 is 0 Å². The molecule has 0 unspecified atom stereocenters. The lowest BCUT2D eigenvalue weighted by molar-refractivity contribution is 0.174. The Morgan fingerprint density at radius 3 is 2.96 bits per heavy atom. The van der Waals surface area contributed by atoms with E-state index in [0.29, 0.717) is 6.79 Å². The van der Waals surface area contributed by atoms with Gasteiger partial charge in [0.2, 0.25) is 6.79 Å². The van der Waals surface area contributed by atoms with E-state index in [1.54, 1.807) is 6.33 Å². The summed E-state index contributed by atoms with van der Waals surface area (Å²) < 4.78 is 10.9. The number of ether oxygens (including phenoxy) is 2. The van der Waals surface area contributed by atoms with Crippen LogP contribution in [-0.2, 0) is 19.4 Å². The fourth-order valence-corrected chi connectivity index (χ4v) is 4.97. The van der Waals surface area contributed by atoms with E-state index in [-0.39, 0.29) is 0 Å². The topological polar surface area (TPSA) is 47.5 Å². The third-order valence-corrected chi connectivity index (χ3v) is 6.15. The molecule has 2 aliphatic rings. The molecule has 5 rings (SSSR count). The molecule has 2 aromatic heterocycles. The molecule has 0 N–H and O–H groups in total. The number of thiophene rings is 1. The summed E-state index contributed by atoms with van der Waals surface area (Å²) in [5.41, 5.74) is 2.65. The van der Waals surface area contributed by atoms with Crippen molar-refractivity contribution in [3.63, 3.8) is 0 Å². The molecule has 1 aliphatic heterocycles. The van der Waals surface area contributed by atoms with Crippen molar-refractivity contribution in [3.05, 3.63) is 40.5 Å². The number of benzene rings is 1. The maximum absolute atomic E-state index is 5.49. The third-order valence-electron chi connectivity index (χ3n) is 4.95. The van der Waals surface area contributed by atoms with Crippen LogP contribution in [0.4, 0.5) is 5.82 Å². The predicted molar refractivity (Wildman–Crippen MR) is 98.7 cm³/mol. The molecule has 3 aromatic rings. The molecule has 0 saturated heterocycles. The summed E-state index contributed by atoms with van der Waals surface area (Å²) in [5, 5.41) is 1.26. The molecule has 1 aromatic carbocycles. The molecule has 0 saturated carbocycles. The fourth-order valence-electron chi connectivity index (χ4n) is 3.75. The van der Waals surface area contributed by atoms with Crippen LogP contribution in [0.2, 0.25) is 0 Å². The van der Waals surface area contributed by atoms with Gasteiger partial charge in [0.25, 0.3) is 0 Å². The van der Waals surface area contributed by atoms with Crippen molar-refractivity contribution in [2.24, 2.45) is 0 Å². The molecule has 0 fully saturated rings. The van der Waals surface area contributed by atoms with Crippen molar-refractivity contribution in [1.29, 1.82) is 0 Å². The molecule has 6 heteroatoms. The number of aromatic nitrogens is 2. The number of hydrogen-bond acceptors (Lipinski definition) is 6. The maximum atomic E-state index is 5.49. The van der Waals surface area contributed by atoms with E-state index in [2.05, 4.69) is 34.0 Å². The number of hydrogen-bond donors (Lipinski definition) is 0. The van der Waals surface area contributed by atoms with Crippen LogP contribution in [0.5, 0.6) is 11.5 Å². The standard InChI is InChI=1S/C19H19N3O2S/c1-22(9-12-6-7-14-15(8-12)24-11-23-14)18-17-13-4-2-3-5-16(13)25-19(17)21-10-20-18/h6-8,10H,2-5,9,11H2,1H3. The van der Waals surface area contributed by atoms with E-state index in [0.717, 1.165) is 35.1 Å². The Hall–Kier alpha value is -2.34. The Morgan fingerprint density at radius 2 is 2.00 bits per heavy atom. The van der Waals surface area contributed by atoms with Gasteiger partial charge in [0.05, 0.1) is 5.39 Å². The van der Waals surface area contributed by atoms with Gasteiger partial charge in [-0.2, -0.15) is 0 Å². The number of anilines is 1. The van der Waals surface area contributed by atoms with Crippen molar-refractivity contribution in [1.82, 2.24) is 9.97 Å². The van der Waals surface area contributed by atoms with Gasteiger partial charge in [-0.15, -0.1) is 11.3 Å². The molecule has 5 nitrogen and oxygen atoms in total. The molecule has 0 spiro atoms. The maximum Gasteiger partial charge on any atom is 0.231 e. The van der Waals surface area contributed by atoms with Gasteiger partial charge < -0.3 is 14.4 Å². The molecular weight excluding hydrogens is 334 g/mol. The summed E-state index contributed by atoms with van der Waals surface area (Å²) in [6.45, 7) is 1.08. The van der Waals surface area contributed by atoms with Crippen LogP contribution >= 0.6 is 11.3 Å². The Bertz CT molecular complexity index is 953. The van der Waals surface area contributed by atoms with Crippen LogP contribution in [-0.4, -0.2) is 23.8 Å². The van der Waals surface area contributed by atoms with E-state index in [1.807, 2.05) is 17.4 Å². The fraction of sp³-hybridized carbons (Fsp3) is 0.368. The highest BCUT2D eigenvalue weighted by Crippen LogP contribution is 2.39. The van der Waals surface area contributed by atoms with E-state index in [9.17, 15) is 0 Å². The average Bonchev–Trinajstić information content (AvgIpc) is 3.25. The Balaban J connectivity index is 1.51. The van der Waals surface area contributed by atoms with Crippen molar-refractivity contribution in [3.8, 4) is 11.5 Å². The number of nitrogens with zero attached hydrogens (tertiary/aromatic N) is 3. The van der Waals surface area contributed by atoms with Gasteiger partial charge in [0.1, 0.15) is 17.0 Å². The van der Waals surface area contributed by atoms with Gasteiger partial charge in [-0.25, -0.2) is 9.97 Å². The molecule has 1 aliphatic carbocycles. The van der Waals surface area contributed by atoms with Crippen LogP contribution in [0.3, 0.4) is 0 Å². The highest BCUT2D eigenvalue weighted by Gasteiger charge is 2.22. The second-order valence-electron chi connectivity index (χ2n) is 6.63. The zero-order valence-corrected chi connectivity index (χ0v) is 14.9. The lowest BCUT2D eigenvalue weighted by Gasteiger charge is -2.20. The second kappa shape index (κ2) is 5.88. The molecule has 128 valence electrons. The van der Waals surface area contributed by atoms with Crippen LogP contribution in [0, 0.1) is 0 Å². The van der Waals surface area contributed by atoms with Crippen molar-refractivity contribution in [2.45, 2.75) is 32.2 Å². The first kappa shape index (κ1) is 15.0. The minimum atomic E-state index is 0.308. The van der Waals surface area contributed by atoms with Crippen LogP contribution in [0.25, 0.3) is 10.2 Å². The van der Waals surface area contributed by atoms with Crippen LogP contribution in [0.15, 0.2) is 24.5 Å². The highest BCUT2D eigenvalue weighted by atomic mass is 32.1. The summed E-state index contributed by atoms with van der Waals surface area (Å²) in [7, 11) is 2.10. The van der Waals surface area contributed by atoms with Gasteiger partial charge in [-0.1, -0.05) is 6.07 Å². The summed E-state index contributed by atoms with van der Waals surface area (Å²) in [6.07, 6.45) is 6.57. The minimum Gasteiger partial charge on any atom is -0.454 e. The van der Waals surface area contributed by atoms with Crippen LogP contribution in [0.1, 0.15) is 28.8 Å². The Labute approximate surface area is 150 Å². The average molecular weight is 353 g/mol. The lowest BCUT2D eigenvalue weighted by Crippen LogP contribution is -2.18. The molecule has 0 amide bonds. The first-order valence-electron chi connectivity index (χ1n) is 8.64. The zero-order valence-electron chi connectivity index (χ0n) is 14.1. The summed E-state index contributed by atoms with van der Waals surface area (Å²) >= 11 is 1.84. The summed E-state index contributed by atoms with van der Waals surface area (Å²) in [6, 6.07) is 6.12. The van der Waals surface area contributed by atoms with E-state index >= 15 is 0 Å². The van der Waals surface area contributed by atoms with Gasteiger partial charge in [-0.3, -0.25) is 0 Å². The molecule has 0 bridgehead atoms. The van der Waals surface area contributed by atoms with Gasteiger partial charge in [-0.05, 0) is 48.9 Å². The van der Waals surface area contributed by atoms with Crippen molar-refractivity contribution < 1.29 is 9.47 Å². The molecular formula is C19H19N3O2S. The second-order valence-corrected chi connectivity index (χ2v) is 7.72. The van der Waals surface area contributed by atoms with Gasteiger partial charge in [0.15, 0.2) is 11.5 Å².